The second kappa shape index (κ2) is 16.6. The minimum absolute atomic E-state index is 0.0656. The van der Waals surface area contributed by atoms with Gasteiger partial charge >= 0.3 is 12.1 Å². The van der Waals surface area contributed by atoms with E-state index in [-0.39, 0.29) is 30.6 Å². The molecule has 0 aromatic heterocycles. The average Bonchev–Trinajstić information content (AvgIpc) is 3.23. The molecule has 1 heterocycles. The van der Waals surface area contributed by atoms with E-state index in [1.807, 2.05) is 49.4 Å². The molecular weight excluding hydrogens is 733 g/mol. The van der Waals surface area contributed by atoms with Gasteiger partial charge in [-0.2, -0.15) is 13.2 Å². The molecule has 2 aromatic carbocycles. The number of carboxylic acids is 1. The maximum atomic E-state index is 14.1. The number of alkyl halides is 3. The van der Waals surface area contributed by atoms with E-state index < -0.39 is 45.2 Å². The Balaban J connectivity index is 0.000000838. The van der Waals surface area contributed by atoms with Crippen LogP contribution >= 0.6 is 15.9 Å². The molecule has 1 spiro atoms. The summed E-state index contributed by atoms with van der Waals surface area (Å²) in [4.78, 5) is 37.7. The largest absolute Gasteiger partial charge is 0.490 e. The van der Waals surface area contributed by atoms with Gasteiger partial charge in [0.2, 0.25) is 21.8 Å². The lowest BCUT2D eigenvalue weighted by Gasteiger charge is -2.38. The van der Waals surface area contributed by atoms with Gasteiger partial charge in [0.15, 0.2) is 0 Å². The third kappa shape index (κ3) is 10.6. The minimum atomic E-state index is -5.08. The van der Waals surface area contributed by atoms with E-state index in [9.17, 15) is 31.2 Å². The number of ether oxygens (including phenoxy) is 1. The number of carbonyl (C=O) groups is 3. The monoisotopic (exact) mass is 774 g/mol. The summed E-state index contributed by atoms with van der Waals surface area (Å²) in [5.74, 6) is -3.60. The fourth-order valence-electron chi connectivity index (χ4n) is 5.63. The Kier molecular flexibility index (Phi) is 13.6. The van der Waals surface area contributed by atoms with Gasteiger partial charge in [0, 0.05) is 23.1 Å². The smallest absolute Gasteiger partial charge is 0.475 e. The van der Waals surface area contributed by atoms with Gasteiger partial charge in [-0.05, 0) is 50.8 Å². The topological polar surface area (TPSA) is 168 Å². The van der Waals surface area contributed by atoms with Crippen LogP contribution in [0.15, 0.2) is 64.6 Å². The van der Waals surface area contributed by atoms with Crippen LogP contribution in [0.3, 0.4) is 0 Å². The normalized spacial score (nSPS) is 17.6. The predicted octanol–water partition coefficient (Wildman–Crippen LogP) is 4.72. The SMILES string of the molecule is CCN(CC1=C(c2ccccc2Br)S(=O)(=O)NC12CCCCC2)C(=O)[C@@H](COCc1ccccc1)NC(=O)C(C)(C)N.O=C(O)C(F)(F)F. The van der Waals surface area contributed by atoms with Crippen LogP contribution in [0.1, 0.15) is 64.0 Å². The van der Waals surface area contributed by atoms with E-state index in [0.29, 0.717) is 35.0 Å². The molecule has 1 atom stereocenters. The highest BCUT2D eigenvalue weighted by molar-refractivity contribution is 9.10. The van der Waals surface area contributed by atoms with Crippen LogP contribution in [0.25, 0.3) is 4.91 Å². The standard InChI is InChI=1S/C31H41BrN4O5S.C2HF3O2/c1-4-36(28(37)26(34-29(38)30(2,3)33)21-41-20-22-13-7-5-8-14-22)19-24-27(23-15-9-10-16-25(23)32)42(39,40)35-31(24)17-11-6-12-18-31;3-2(4,5)1(6)7/h5,7-10,13-16,26,35H,4,6,11-12,17-21,33H2,1-3H3,(H,34,38);(H,6,7)/t26-;/m1./s1. The second-order valence-electron chi connectivity index (χ2n) is 12.4. The van der Waals surface area contributed by atoms with Crippen LogP contribution < -0.4 is 15.8 Å². The van der Waals surface area contributed by atoms with Crippen molar-refractivity contribution in [3.05, 3.63) is 75.8 Å². The number of hydrogen-bond donors (Lipinski definition) is 4. The van der Waals surface area contributed by atoms with Gasteiger partial charge in [0.05, 0.1) is 29.2 Å². The van der Waals surface area contributed by atoms with Crippen molar-refractivity contribution in [2.75, 3.05) is 19.7 Å². The number of nitrogens with zero attached hydrogens (tertiary/aromatic N) is 1. The van der Waals surface area contributed by atoms with Crippen LogP contribution in [0.2, 0.25) is 0 Å². The van der Waals surface area contributed by atoms with Gasteiger partial charge in [-0.25, -0.2) is 17.9 Å². The zero-order valence-electron chi connectivity index (χ0n) is 27.5. The number of nitrogens with one attached hydrogen (secondary N) is 2. The van der Waals surface area contributed by atoms with E-state index in [4.69, 9.17) is 20.4 Å². The van der Waals surface area contributed by atoms with E-state index in [2.05, 4.69) is 26.0 Å². The van der Waals surface area contributed by atoms with Crippen LogP contribution in [-0.4, -0.2) is 79.2 Å². The molecule has 1 saturated carbocycles. The molecule has 270 valence electrons. The van der Waals surface area contributed by atoms with Crippen molar-refractivity contribution in [3.8, 4) is 0 Å². The highest BCUT2D eigenvalue weighted by Crippen LogP contribution is 2.47. The molecule has 0 radical (unpaired) electrons. The van der Waals surface area contributed by atoms with E-state index in [1.165, 1.54) is 0 Å². The number of nitrogens with two attached hydrogens (primary N) is 1. The zero-order chi connectivity index (χ0) is 36.6. The number of rotatable bonds is 11. The lowest BCUT2D eigenvalue weighted by molar-refractivity contribution is -0.192. The van der Waals surface area contributed by atoms with Gasteiger partial charge < -0.3 is 25.8 Å². The minimum Gasteiger partial charge on any atom is -0.475 e. The number of likely N-dealkylation sites (N-methyl/N-ethyl adjacent to an activating group) is 1. The van der Waals surface area contributed by atoms with Crippen LogP contribution in [0.4, 0.5) is 13.2 Å². The Bertz CT molecular complexity index is 1620. The van der Waals surface area contributed by atoms with Gasteiger partial charge in [0.1, 0.15) is 6.04 Å². The first kappa shape index (κ1) is 40.1. The molecule has 2 aromatic rings. The quantitative estimate of drug-likeness (QED) is 0.255. The fraction of sp³-hybridized carbons (Fsp3) is 0.485. The lowest BCUT2D eigenvalue weighted by Crippen LogP contribution is -2.58. The van der Waals surface area contributed by atoms with Crippen molar-refractivity contribution < 1.29 is 45.8 Å². The van der Waals surface area contributed by atoms with Crippen LogP contribution in [0, 0.1) is 0 Å². The number of aliphatic carboxylic acids is 1. The summed E-state index contributed by atoms with van der Waals surface area (Å²) in [7, 11) is -3.85. The van der Waals surface area contributed by atoms with Gasteiger partial charge in [-0.15, -0.1) is 0 Å². The molecule has 16 heteroatoms. The van der Waals surface area contributed by atoms with Gasteiger partial charge in [-0.3, -0.25) is 9.59 Å². The Hall–Kier alpha value is -3.31. The van der Waals surface area contributed by atoms with Gasteiger partial charge in [0.25, 0.3) is 0 Å². The molecule has 0 unspecified atom stereocenters. The summed E-state index contributed by atoms with van der Waals surface area (Å²) >= 11 is 3.54. The molecule has 1 aliphatic heterocycles. The van der Waals surface area contributed by atoms with Crippen LogP contribution in [0.5, 0.6) is 0 Å². The molecule has 49 heavy (non-hydrogen) atoms. The summed E-state index contributed by atoms with van der Waals surface area (Å²) in [5, 5.41) is 9.91. The van der Waals surface area contributed by atoms with Crippen molar-refractivity contribution >= 4 is 48.6 Å². The third-order valence-electron chi connectivity index (χ3n) is 8.15. The molecule has 2 aliphatic rings. The Morgan fingerprint density at radius 3 is 2.16 bits per heavy atom. The molecule has 2 amide bonds. The van der Waals surface area contributed by atoms with E-state index >= 15 is 0 Å². The van der Waals surface area contributed by atoms with Crippen molar-refractivity contribution in [3.63, 3.8) is 0 Å². The first-order valence-electron chi connectivity index (χ1n) is 15.7. The molecule has 0 saturated heterocycles. The highest BCUT2D eigenvalue weighted by atomic mass is 79.9. The number of halogens is 4. The summed E-state index contributed by atoms with van der Waals surface area (Å²) < 4.78 is 68.7. The summed E-state index contributed by atoms with van der Waals surface area (Å²) in [6.07, 6.45) is -0.981. The van der Waals surface area contributed by atoms with Gasteiger partial charge in [-0.1, -0.05) is 83.7 Å². The fourth-order valence-corrected chi connectivity index (χ4v) is 8.24. The predicted molar refractivity (Wildman–Crippen MR) is 181 cm³/mol. The first-order chi connectivity index (χ1) is 22.8. The molecule has 1 aliphatic carbocycles. The number of carbonyl (C=O) groups excluding carboxylic acids is 2. The summed E-state index contributed by atoms with van der Waals surface area (Å²) in [5.41, 5.74) is 6.25. The van der Waals surface area contributed by atoms with E-state index in [0.717, 1.165) is 24.8 Å². The van der Waals surface area contributed by atoms with Crippen LogP contribution in [-0.2, 0) is 35.8 Å². The highest BCUT2D eigenvalue weighted by Gasteiger charge is 2.50. The molecule has 5 N–H and O–H groups in total. The Labute approximate surface area is 292 Å². The van der Waals surface area contributed by atoms with Crippen molar-refractivity contribution in [2.45, 2.75) is 82.8 Å². The molecule has 4 rings (SSSR count). The van der Waals surface area contributed by atoms with Crippen molar-refractivity contribution in [1.29, 1.82) is 0 Å². The molecule has 11 nitrogen and oxygen atoms in total. The third-order valence-corrected chi connectivity index (χ3v) is 10.5. The summed E-state index contributed by atoms with van der Waals surface area (Å²) in [6.45, 7) is 5.59. The average molecular weight is 776 g/mol. The Morgan fingerprint density at radius 2 is 1.63 bits per heavy atom. The first-order valence-corrected chi connectivity index (χ1v) is 17.9. The number of benzene rings is 2. The van der Waals surface area contributed by atoms with Crippen molar-refractivity contribution in [2.24, 2.45) is 5.73 Å². The van der Waals surface area contributed by atoms with E-state index in [1.54, 1.807) is 30.9 Å². The maximum absolute atomic E-state index is 14.1. The number of sulfonamides is 1. The number of carboxylic acid groups (broad SMARTS) is 1. The van der Waals surface area contributed by atoms with Crippen molar-refractivity contribution in [1.82, 2.24) is 14.9 Å². The maximum Gasteiger partial charge on any atom is 0.490 e. The number of hydrogen-bond acceptors (Lipinski definition) is 7. The molecular formula is C33H42BrF3N4O7S. The Morgan fingerprint density at radius 1 is 1.06 bits per heavy atom. The number of amides is 2. The molecule has 0 bridgehead atoms. The summed E-state index contributed by atoms with van der Waals surface area (Å²) in [6, 6.07) is 15.8. The zero-order valence-corrected chi connectivity index (χ0v) is 29.9. The lowest BCUT2D eigenvalue weighted by atomic mass is 9.76. The molecule has 1 fully saturated rings. The second-order valence-corrected chi connectivity index (χ2v) is 14.9.